The number of hydrogen-bond acceptors (Lipinski definition) is 4. The largest absolute Gasteiger partial charge is 0.459 e. The third kappa shape index (κ3) is 1.62. The Labute approximate surface area is 107 Å². The molecule has 3 aliphatic carbocycles. The van der Waals surface area contributed by atoms with E-state index >= 15 is 0 Å². The highest BCUT2D eigenvalue weighted by molar-refractivity contribution is 5.87. The first kappa shape index (κ1) is 12.2. The number of esters is 1. The van der Waals surface area contributed by atoms with Crippen molar-refractivity contribution >= 4 is 5.97 Å². The highest BCUT2D eigenvalue weighted by atomic mass is 16.5. The van der Waals surface area contributed by atoms with Crippen molar-refractivity contribution in [1.82, 2.24) is 0 Å². The van der Waals surface area contributed by atoms with E-state index in [1.807, 2.05) is 0 Å². The summed E-state index contributed by atoms with van der Waals surface area (Å²) in [5.41, 5.74) is 0.431. The van der Waals surface area contributed by atoms with Crippen molar-refractivity contribution < 1.29 is 19.7 Å². The van der Waals surface area contributed by atoms with Crippen LogP contribution in [0.25, 0.3) is 0 Å². The predicted molar refractivity (Wildman–Crippen MR) is 64.5 cm³/mol. The van der Waals surface area contributed by atoms with Crippen LogP contribution in [0.15, 0.2) is 12.2 Å². The lowest BCUT2D eigenvalue weighted by Gasteiger charge is -2.32. The Balaban J connectivity index is 1.71. The van der Waals surface area contributed by atoms with Crippen LogP contribution in [-0.2, 0) is 9.53 Å². The predicted octanol–water partition coefficient (Wildman–Crippen LogP) is 0.872. The molecule has 0 amide bonds. The Morgan fingerprint density at radius 3 is 2.61 bits per heavy atom. The standard InChI is InChI=1S/C14H20O4/c1-6(2)14(17)18-11-4-7-3-8(11)9-5-10(15)13(16)12(7)9/h7-13,15-16H,1,3-5H2,2H3. The van der Waals surface area contributed by atoms with Gasteiger partial charge in [0.15, 0.2) is 0 Å². The smallest absolute Gasteiger partial charge is 0.333 e. The second-order valence-electron chi connectivity index (χ2n) is 6.15. The zero-order valence-corrected chi connectivity index (χ0v) is 10.6. The summed E-state index contributed by atoms with van der Waals surface area (Å²) in [5, 5.41) is 19.7. The van der Waals surface area contributed by atoms with Crippen LogP contribution in [0.3, 0.4) is 0 Å². The molecule has 3 rings (SSSR count). The van der Waals surface area contributed by atoms with Gasteiger partial charge in [0, 0.05) is 5.57 Å². The van der Waals surface area contributed by atoms with Crippen molar-refractivity contribution in [2.24, 2.45) is 23.7 Å². The van der Waals surface area contributed by atoms with Gasteiger partial charge in [-0.25, -0.2) is 4.79 Å². The van der Waals surface area contributed by atoms with Crippen LogP contribution in [0.1, 0.15) is 26.2 Å². The van der Waals surface area contributed by atoms with Crippen LogP contribution in [0.2, 0.25) is 0 Å². The van der Waals surface area contributed by atoms with Gasteiger partial charge in [-0.15, -0.1) is 0 Å². The summed E-state index contributed by atoms with van der Waals surface area (Å²) in [6, 6.07) is 0. The third-order valence-electron chi connectivity index (χ3n) is 5.09. The summed E-state index contributed by atoms with van der Waals surface area (Å²) in [7, 11) is 0. The van der Waals surface area contributed by atoms with Gasteiger partial charge in [-0.3, -0.25) is 0 Å². The fraction of sp³-hybridized carbons (Fsp3) is 0.786. The van der Waals surface area contributed by atoms with Crippen LogP contribution in [-0.4, -0.2) is 34.5 Å². The van der Waals surface area contributed by atoms with Crippen LogP contribution >= 0.6 is 0 Å². The molecule has 0 spiro atoms. The molecule has 7 atom stereocenters. The molecule has 7 unspecified atom stereocenters. The topological polar surface area (TPSA) is 66.8 Å². The molecule has 18 heavy (non-hydrogen) atoms. The van der Waals surface area contributed by atoms with Crippen molar-refractivity contribution in [3.05, 3.63) is 12.2 Å². The van der Waals surface area contributed by atoms with Gasteiger partial charge in [0.2, 0.25) is 0 Å². The molecule has 2 bridgehead atoms. The summed E-state index contributed by atoms with van der Waals surface area (Å²) in [5.74, 6) is 0.926. The lowest BCUT2D eigenvalue weighted by Crippen LogP contribution is -2.35. The quantitative estimate of drug-likeness (QED) is 0.565. The van der Waals surface area contributed by atoms with Gasteiger partial charge in [0.25, 0.3) is 0 Å². The Bertz CT molecular complexity index is 391. The van der Waals surface area contributed by atoms with Crippen molar-refractivity contribution in [2.75, 3.05) is 0 Å². The maximum Gasteiger partial charge on any atom is 0.333 e. The Kier molecular flexibility index (Phi) is 2.75. The van der Waals surface area contributed by atoms with Gasteiger partial charge in [-0.1, -0.05) is 6.58 Å². The summed E-state index contributed by atoms with van der Waals surface area (Å²) in [6.07, 6.45) is 1.28. The molecular weight excluding hydrogens is 232 g/mol. The molecule has 4 nitrogen and oxygen atoms in total. The number of carbonyl (C=O) groups excluding carboxylic acids is 1. The second kappa shape index (κ2) is 4.07. The lowest BCUT2D eigenvalue weighted by atomic mass is 9.79. The fourth-order valence-electron chi connectivity index (χ4n) is 4.38. The van der Waals surface area contributed by atoms with Crippen LogP contribution in [0.4, 0.5) is 0 Å². The van der Waals surface area contributed by atoms with E-state index in [1.54, 1.807) is 6.92 Å². The molecule has 3 saturated carbocycles. The van der Waals surface area contributed by atoms with Crippen LogP contribution < -0.4 is 0 Å². The molecule has 4 heteroatoms. The Morgan fingerprint density at radius 1 is 1.22 bits per heavy atom. The van der Waals surface area contributed by atoms with E-state index in [0.717, 1.165) is 12.8 Å². The maximum absolute atomic E-state index is 11.6. The number of fused-ring (bicyclic) bond motifs is 5. The average molecular weight is 252 g/mol. The zero-order chi connectivity index (χ0) is 13.0. The molecule has 0 saturated heterocycles. The zero-order valence-electron chi connectivity index (χ0n) is 10.6. The van der Waals surface area contributed by atoms with E-state index in [9.17, 15) is 15.0 Å². The lowest BCUT2D eigenvalue weighted by molar-refractivity contribution is -0.148. The maximum atomic E-state index is 11.6. The van der Waals surface area contributed by atoms with Gasteiger partial charge >= 0.3 is 5.97 Å². The molecule has 0 radical (unpaired) electrons. The van der Waals surface area contributed by atoms with E-state index in [1.165, 1.54) is 0 Å². The van der Waals surface area contributed by atoms with E-state index < -0.39 is 12.2 Å². The molecule has 3 fully saturated rings. The second-order valence-corrected chi connectivity index (χ2v) is 6.15. The number of ether oxygens (including phenoxy) is 1. The Morgan fingerprint density at radius 2 is 1.94 bits per heavy atom. The van der Waals surface area contributed by atoms with Gasteiger partial charge < -0.3 is 14.9 Å². The number of hydrogen-bond donors (Lipinski definition) is 2. The first-order chi connectivity index (χ1) is 8.49. The molecule has 0 aliphatic heterocycles. The van der Waals surface area contributed by atoms with Crippen LogP contribution in [0.5, 0.6) is 0 Å². The highest BCUT2D eigenvalue weighted by Crippen LogP contribution is 2.59. The first-order valence-electron chi connectivity index (χ1n) is 6.71. The molecule has 100 valence electrons. The van der Waals surface area contributed by atoms with Crippen LogP contribution in [0, 0.1) is 23.7 Å². The monoisotopic (exact) mass is 252 g/mol. The number of carbonyl (C=O) groups is 1. The van der Waals surface area contributed by atoms with Gasteiger partial charge in [-0.05, 0) is 49.9 Å². The average Bonchev–Trinajstić information content (AvgIpc) is 2.92. The third-order valence-corrected chi connectivity index (χ3v) is 5.09. The minimum atomic E-state index is -0.596. The van der Waals surface area contributed by atoms with E-state index in [4.69, 9.17) is 4.74 Å². The number of rotatable bonds is 2. The highest BCUT2D eigenvalue weighted by Gasteiger charge is 2.60. The fourth-order valence-corrected chi connectivity index (χ4v) is 4.38. The first-order valence-corrected chi connectivity index (χ1v) is 6.71. The summed E-state index contributed by atoms with van der Waals surface area (Å²) < 4.78 is 5.48. The molecular formula is C14H20O4. The van der Waals surface area contributed by atoms with Crippen molar-refractivity contribution in [1.29, 1.82) is 0 Å². The molecule has 0 aromatic rings. The SMILES string of the molecule is C=C(C)C(=O)OC1CC2CC1C1CC(O)C(O)C21. The van der Waals surface area contributed by atoms with Gasteiger partial charge in [-0.2, -0.15) is 0 Å². The van der Waals surface area contributed by atoms with Crippen molar-refractivity contribution in [3.8, 4) is 0 Å². The van der Waals surface area contributed by atoms with Crippen molar-refractivity contribution in [3.63, 3.8) is 0 Å². The molecule has 3 aliphatic rings. The molecule has 2 N–H and O–H groups in total. The minimum Gasteiger partial charge on any atom is -0.459 e. The van der Waals surface area contributed by atoms with E-state index in [2.05, 4.69) is 6.58 Å². The van der Waals surface area contributed by atoms with Crippen molar-refractivity contribution in [2.45, 2.75) is 44.5 Å². The Hall–Kier alpha value is -0.870. The van der Waals surface area contributed by atoms with E-state index in [-0.39, 0.29) is 18.0 Å². The summed E-state index contributed by atoms with van der Waals surface area (Å²) in [6.45, 7) is 5.25. The van der Waals surface area contributed by atoms with Gasteiger partial charge in [0.05, 0.1) is 12.2 Å². The van der Waals surface area contributed by atoms with Gasteiger partial charge in [0.1, 0.15) is 6.10 Å². The summed E-state index contributed by atoms with van der Waals surface area (Å²) >= 11 is 0. The molecule has 0 aromatic heterocycles. The summed E-state index contributed by atoms with van der Waals surface area (Å²) in [4.78, 5) is 11.6. The minimum absolute atomic E-state index is 0.0436. The number of aliphatic hydroxyl groups is 2. The normalized spacial score (nSPS) is 49.2. The number of aliphatic hydroxyl groups excluding tert-OH is 2. The molecule has 0 aromatic carbocycles. The van der Waals surface area contributed by atoms with E-state index in [0.29, 0.717) is 29.7 Å². The molecule has 0 heterocycles.